The molecule has 3 aromatic rings. The molecule has 0 unspecified atom stereocenters. The molecule has 1 aliphatic heterocycles. The van der Waals surface area contributed by atoms with E-state index in [1.54, 1.807) is 25.3 Å². The van der Waals surface area contributed by atoms with Gasteiger partial charge in [-0.3, -0.25) is 9.69 Å². The van der Waals surface area contributed by atoms with Crippen LogP contribution in [0.25, 0.3) is 22.3 Å². The summed E-state index contributed by atoms with van der Waals surface area (Å²) < 4.78 is 22.2. The number of hydrogen-bond donors (Lipinski definition) is 2. The summed E-state index contributed by atoms with van der Waals surface area (Å²) in [6.45, 7) is 5.07. The zero-order chi connectivity index (χ0) is 25.4. The SMILES string of the molecule is COc1ccc(-c2cc(=O)c3c(O)c(OC)c(O)c(CN4CCN(CC5CC5)CC4)c3o2)cc1OC. The summed E-state index contributed by atoms with van der Waals surface area (Å²) in [6, 6.07) is 6.52. The van der Waals surface area contributed by atoms with Crippen LogP contribution in [0.1, 0.15) is 18.4 Å². The van der Waals surface area contributed by atoms with E-state index < -0.39 is 11.2 Å². The van der Waals surface area contributed by atoms with Gasteiger partial charge in [0.2, 0.25) is 5.75 Å². The molecular weight excluding hydrogens is 464 g/mol. The average molecular weight is 497 g/mol. The minimum Gasteiger partial charge on any atom is -0.504 e. The fourth-order valence-electron chi connectivity index (χ4n) is 4.89. The van der Waals surface area contributed by atoms with Crippen LogP contribution in [0, 0.1) is 5.92 Å². The molecular formula is C27H32N2O7. The van der Waals surface area contributed by atoms with E-state index in [1.165, 1.54) is 33.1 Å². The summed E-state index contributed by atoms with van der Waals surface area (Å²) in [7, 11) is 4.42. The summed E-state index contributed by atoms with van der Waals surface area (Å²) in [5, 5.41) is 21.8. The largest absolute Gasteiger partial charge is 0.504 e. The number of phenols is 2. The Labute approximate surface area is 209 Å². The van der Waals surface area contributed by atoms with Crippen molar-refractivity contribution in [3.63, 3.8) is 0 Å². The molecule has 36 heavy (non-hydrogen) atoms. The number of benzene rings is 2. The predicted octanol–water partition coefficient (Wildman–Crippen LogP) is 3.42. The molecule has 2 fully saturated rings. The summed E-state index contributed by atoms with van der Waals surface area (Å²) in [6.07, 6.45) is 2.66. The third-order valence-electron chi connectivity index (χ3n) is 7.11. The lowest BCUT2D eigenvalue weighted by Crippen LogP contribution is -2.46. The Kier molecular flexibility index (Phi) is 6.68. The van der Waals surface area contributed by atoms with Gasteiger partial charge in [-0.1, -0.05) is 0 Å². The van der Waals surface area contributed by atoms with Gasteiger partial charge in [-0.2, -0.15) is 0 Å². The quantitative estimate of drug-likeness (QED) is 0.485. The molecule has 192 valence electrons. The van der Waals surface area contributed by atoms with Crippen LogP contribution in [0.5, 0.6) is 28.7 Å². The van der Waals surface area contributed by atoms with Gasteiger partial charge in [0, 0.05) is 50.9 Å². The first-order chi connectivity index (χ1) is 17.4. The highest BCUT2D eigenvalue weighted by Crippen LogP contribution is 2.46. The van der Waals surface area contributed by atoms with Crippen molar-refractivity contribution >= 4 is 11.0 Å². The molecule has 0 bridgehead atoms. The first-order valence-corrected chi connectivity index (χ1v) is 12.2. The molecule has 9 nitrogen and oxygen atoms in total. The van der Waals surface area contributed by atoms with Crippen molar-refractivity contribution < 1.29 is 28.8 Å². The van der Waals surface area contributed by atoms with Gasteiger partial charge in [-0.15, -0.1) is 0 Å². The van der Waals surface area contributed by atoms with Gasteiger partial charge >= 0.3 is 0 Å². The molecule has 0 amide bonds. The molecule has 9 heteroatoms. The fraction of sp³-hybridized carbons (Fsp3) is 0.444. The van der Waals surface area contributed by atoms with Crippen LogP contribution < -0.4 is 19.6 Å². The monoisotopic (exact) mass is 496 g/mol. The van der Waals surface area contributed by atoms with Crippen LogP contribution in [0.15, 0.2) is 33.5 Å². The summed E-state index contributed by atoms with van der Waals surface area (Å²) >= 11 is 0. The van der Waals surface area contributed by atoms with Crippen molar-refractivity contribution in [3.05, 3.63) is 40.1 Å². The van der Waals surface area contributed by atoms with Crippen molar-refractivity contribution in [2.75, 3.05) is 54.1 Å². The van der Waals surface area contributed by atoms with Crippen LogP contribution in [0.4, 0.5) is 0 Å². The zero-order valence-corrected chi connectivity index (χ0v) is 20.9. The van der Waals surface area contributed by atoms with Crippen molar-refractivity contribution in [1.82, 2.24) is 9.80 Å². The van der Waals surface area contributed by atoms with Gasteiger partial charge in [-0.05, 0) is 37.0 Å². The second-order valence-electron chi connectivity index (χ2n) is 9.48. The minimum absolute atomic E-state index is 0.0174. The average Bonchev–Trinajstić information content (AvgIpc) is 3.71. The Bertz CT molecular complexity index is 1320. The van der Waals surface area contributed by atoms with Crippen LogP contribution in [-0.4, -0.2) is 74.1 Å². The molecule has 0 spiro atoms. The number of methoxy groups -OCH3 is 3. The zero-order valence-electron chi connectivity index (χ0n) is 20.9. The molecule has 2 N–H and O–H groups in total. The van der Waals surface area contributed by atoms with Crippen LogP contribution >= 0.6 is 0 Å². The van der Waals surface area contributed by atoms with Crippen molar-refractivity contribution in [2.24, 2.45) is 5.92 Å². The Morgan fingerprint density at radius 3 is 2.25 bits per heavy atom. The number of piperazine rings is 1. The third-order valence-corrected chi connectivity index (χ3v) is 7.11. The maximum Gasteiger partial charge on any atom is 0.204 e. The first-order valence-electron chi connectivity index (χ1n) is 12.2. The number of nitrogens with zero attached hydrogens (tertiary/aromatic N) is 2. The highest BCUT2D eigenvalue weighted by molar-refractivity contribution is 5.92. The standard InChI is InChI=1S/C27H32N2O7/c1-33-20-7-6-17(12-22(20)34-2)21-13-19(30)23-25(32)27(35-3)24(31)18(26(23)36-21)15-29-10-8-28(9-11-29)14-16-4-5-16/h6-7,12-13,16,31-32H,4-5,8-11,14-15H2,1-3H3. The Hall–Kier alpha value is -3.43. The Morgan fingerprint density at radius 1 is 0.917 bits per heavy atom. The topological polar surface area (TPSA) is 105 Å². The van der Waals surface area contributed by atoms with Gasteiger partial charge < -0.3 is 33.7 Å². The molecule has 0 radical (unpaired) electrons. The second-order valence-corrected chi connectivity index (χ2v) is 9.48. The van der Waals surface area contributed by atoms with E-state index in [2.05, 4.69) is 9.80 Å². The van der Waals surface area contributed by atoms with Gasteiger partial charge in [0.25, 0.3) is 0 Å². The number of aromatic hydroxyl groups is 2. The lowest BCUT2D eigenvalue weighted by Gasteiger charge is -2.35. The van der Waals surface area contributed by atoms with E-state index in [4.69, 9.17) is 18.6 Å². The molecule has 1 saturated carbocycles. The van der Waals surface area contributed by atoms with Gasteiger partial charge in [0.1, 0.15) is 11.1 Å². The maximum absolute atomic E-state index is 13.2. The van der Waals surface area contributed by atoms with Crippen LogP contribution in [-0.2, 0) is 6.54 Å². The number of fused-ring (bicyclic) bond motifs is 1. The molecule has 5 rings (SSSR count). The highest BCUT2D eigenvalue weighted by atomic mass is 16.5. The van der Waals surface area contributed by atoms with Crippen molar-refractivity contribution in [3.8, 4) is 40.1 Å². The summed E-state index contributed by atoms with van der Waals surface area (Å²) in [4.78, 5) is 17.9. The molecule has 2 heterocycles. The minimum atomic E-state index is -0.438. The second kappa shape index (κ2) is 9.91. The third kappa shape index (κ3) is 4.56. The highest BCUT2D eigenvalue weighted by Gasteiger charge is 2.29. The number of phenolic OH excluding ortho intramolecular Hbond substituents is 2. The van der Waals surface area contributed by atoms with Crippen LogP contribution in [0.3, 0.4) is 0 Å². The lowest BCUT2D eigenvalue weighted by molar-refractivity contribution is 0.122. The van der Waals surface area contributed by atoms with Gasteiger partial charge in [0.05, 0.1) is 26.9 Å². The molecule has 1 aliphatic carbocycles. The Morgan fingerprint density at radius 2 is 1.61 bits per heavy atom. The van der Waals surface area contributed by atoms with E-state index in [0.29, 0.717) is 29.2 Å². The van der Waals surface area contributed by atoms with E-state index in [-0.39, 0.29) is 28.2 Å². The lowest BCUT2D eigenvalue weighted by atomic mass is 10.0. The molecule has 2 aromatic carbocycles. The maximum atomic E-state index is 13.2. The Balaban J connectivity index is 1.55. The van der Waals surface area contributed by atoms with Crippen molar-refractivity contribution in [2.45, 2.75) is 19.4 Å². The van der Waals surface area contributed by atoms with E-state index in [1.807, 2.05) is 0 Å². The number of hydrogen-bond acceptors (Lipinski definition) is 9. The van der Waals surface area contributed by atoms with E-state index in [9.17, 15) is 15.0 Å². The smallest absolute Gasteiger partial charge is 0.204 e. The summed E-state index contributed by atoms with van der Waals surface area (Å²) in [5.41, 5.74) is 0.714. The number of rotatable bonds is 8. The molecule has 1 aromatic heterocycles. The predicted molar refractivity (Wildman–Crippen MR) is 135 cm³/mol. The fourth-order valence-corrected chi connectivity index (χ4v) is 4.89. The van der Waals surface area contributed by atoms with Crippen molar-refractivity contribution in [1.29, 1.82) is 0 Å². The van der Waals surface area contributed by atoms with Crippen LogP contribution in [0.2, 0.25) is 0 Å². The molecule has 2 aliphatic rings. The summed E-state index contributed by atoms with van der Waals surface area (Å²) in [5.74, 6) is 1.37. The molecule has 0 atom stereocenters. The number of ether oxygens (including phenoxy) is 3. The molecule has 1 saturated heterocycles. The first kappa shape index (κ1) is 24.3. The van der Waals surface area contributed by atoms with Gasteiger partial charge in [-0.25, -0.2) is 0 Å². The van der Waals surface area contributed by atoms with E-state index in [0.717, 1.165) is 38.6 Å². The van der Waals surface area contributed by atoms with Gasteiger partial charge in [0.15, 0.2) is 34.0 Å². The van der Waals surface area contributed by atoms with E-state index >= 15 is 0 Å². The normalized spacial score (nSPS) is 16.9.